The molecule has 0 aromatic carbocycles. The van der Waals surface area contributed by atoms with E-state index in [1.807, 2.05) is 0 Å². The minimum absolute atomic E-state index is 0.0264. The van der Waals surface area contributed by atoms with Gasteiger partial charge in [-0.15, -0.1) is 0 Å². The van der Waals surface area contributed by atoms with E-state index >= 15 is 0 Å². The Morgan fingerprint density at radius 3 is 3.06 bits per heavy atom. The van der Waals surface area contributed by atoms with E-state index in [9.17, 15) is 0 Å². The van der Waals surface area contributed by atoms with Crippen LogP contribution in [0.4, 0.5) is 5.69 Å². The normalized spacial score (nSPS) is 26.9. The molecule has 0 bridgehead atoms. The number of hydrogen-bond acceptors (Lipinski definition) is 4. The van der Waals surface area contributed by atoms with Crippen LogP contribution in [0, 0.1) is 0 Å². The lowest BCUT2D eigenvalue weighted by molar-refractivity contribution is -0.000878. The standard InChI is InChI=1S/C12H19N3O/c1-12(4-2-6-16-12)11(14)7-9-8-15-5-3-10(9)13/h3,5,8,11H,2,4,6-7,14H2,1H3,(H2,13,15). The van der Waals surface area contributed by atoms with Crippen molar-refractivity contribution in [2.75, 3.05) is 12.3 Å². The molecule has 0 radical (unpaired) electrons. The molecule has 0 spiro atoms. The first kappa shape index (κ1) is 11.4. The Bertz CT molecular complexity index is 361. The molecule has 0 aliphatic carbocycles. The highest BCUT2D eigenvalue weighted by Crippen LogP contribution is 2.29. The first-order chi connectivity index (χ1) is 7.62. The van der Waals surface area contributed by atoms with E-state index in [2.05, 4.69) is 11.9 Å². The number of rotatable bonds is 3. The molecule has 4 nitrogen and oxygen atoms in total. The van der Waals surface area contributed by atoms with Crippen molar-refractivity contribution in [1.29, 1.82) is 0 Å². The monoisotopic (exact) mass is 221 g/mol. The number of ether oxygens (including phenoxy) is 1. The fourth-order valence-corrected chi connectivity index (χ4v) is 2.15. The van der Waals surface area contributed by atoms with Crippen molar-refractivity contribution >= 4 is 5.69 Å². The van der Waals surface area contributed by atoms with E-state index in [1.165, 1.54) is 0 Å². The molecule has 2 rings (SSSR count). The van der Waals surface area contributed by atoms with Gasteiger partial charge in [0.1, 0.15) is 0 Å². The van der Waals surface area contributed by atoms with Crippen LogP contribution in [0.3, 0.4) is 0 Å². The van der Waals surface area contributed by atoms with E-state index in [4.69, 9.17) is 16.2 Å². The van der Waals surface area contributed by atoms with Crippen molar-refractivity contribution in [2.24, 2.45) is 5.73 Å². The van der Waals surface area contributed by atoms with Crippen LogP contribution in [0.1, 0.15) is 25.3 Å². The van der Waals surface area contributed by atoms with Crippen LogP contribution in [0.15, 0.2) is 18.5 Å². The van der Waals surface area contributed by atoms with Gasteiger partial charge in [0.05, 0.1) is 5.60 Å². The summed E-state index contributed by atoms with van der Waals surface area (Å²) in [6.07, 6.45) is 6.31. The maximum atomic E-state index is 6.21. The van der Waals surface area contributed by atoms with Crippen LogP contribution in [0.25, 0.3) is 0 Å². The molecule has 16 heavy (non-hydrogen) atoms. The third-order valence-corrected chi connectivity index (χ3v) is 3.41. The van der Waals surface area contributed by atoms with Crippen molar-refractivity contribution < 1.29 is 4.74 Å². The van der Waals surface area contributed by atoms with Gasteiger partial charge in [0.15, 0.2) is 0 Å². The molecule has 4 heteroatoms. The average Bonchev–Trinajstić information content (AvgIpc) is 2.70. The van der Waals surface area contributed by atoms with Crippen molar-refractivity contribution in [3.8, 4) is 0 Å². The SMILES string of the molecule is CC1(C(N)Cc2cnccc2N)CCCO1. The van der Waals surface area contributed by atoms with Gasteiger partial charge >= 0.3 is 0 Å². The van der Waals surface area contributed by atoms with E-state index in [1.54, 1.807) is 18.5 Å². The van der Waals surface area contributed by atoms with Gasteiger partial charge in [0.25, 0.3) is 0 Å². The van der Waals surface area contributed by atoms with Gasteiger partial charge in [-0.25, -0.2) is 0 Å². The predicted molar refractivity (Wildman–Crippen MR) is 63.9 cm³/mol. The highest BCUT2D eigenvalue weighted by Gasteiger charge is 2.36. The van der Waals surface area contributed by atoms with E-state index in [0.29, 0.717) is 0 Å². The van der Waals surface area contributed by atoms with E-state index in [-0.39, 0.29) is 11.6 Å². The Labute approximate surface area is 96.0 Å². The molecule has 1 aliphatic rings. The molecule has 1 aliphatic heterocycles. The number of nitrogen functional groups attached to an aromatic ring is 1. The predicted octanol–water partition coefficient (Wildman–Crippen LogP) is 1.10. The number of nitrogens with zero attached hydrogens (tertiary/aromatic N) is 1. The number of hydrogen-bond donors (Lipinski definition) is 2. The number of anilines is 1. The molecule has 1 aromatic rings. The highest BCUT2D eigenvalue weighted by atomic mass is 16.5. The average molecular weight is 221 g/mol. The zero-order valence-corrected chi connectivity index (χ0v) is 9.65. The summed E-state index contributed by atoms with van der Waals surface area (Å²) >= 11 is 0. The molecule has 2 unspecified atom stereocenters. The van der Waals surface area contributed by atoms with Crippen LogP contribution in [-0.4, -0.2) is 23.2 Å². The van der Waals surface area contributed by atoms with Crippen molar-refractivity contribution in [1.82, 2.24) is 4.98 Å². The second-order valence-electron chi connectivity index (χ2n) is 4.65. The smallest absolute Gasteiger partial charge is 0.0808 e. The summed E-state index contributed by atoms with van der Waals surface area (Å²) in [4.78, 5) is 4.07. The first-order valence-electron chi connectivity index (χ1n) is 5.70. The molecule has 1 fully saturated rings. The van der Waals surface area contributed by atoms with Crippen LogP contribution >= 0.6 is 0 Å². The Balaban J connectivity index is 2.07. The summed E-state index contributed by atoms with van der Waals surface area (Å²) in [6, 6.07) is 1.78. The number of aromatic nitrogens is 1. The number of nitrogens with two attached hydrogens (primary N) is 2. The lowest BCUT2D eigenvalue weighted by atomic mass is 9.89. The molecule has 1 saturated heterocycles. The van der Waals surface area contributed by atoms with Crippen LogP contribution in [0.5, 0.6) is 0 Å². The van der Waals surface area contributed by atoms with Crippen LogP contribution in [0.2, 0.25) is 0 Å². The molecule has 2 atom stereocenters. The third kappa shape index (κ3) is 2.18. The van der Waals surface area contributed by atoms with Crippen molar-refractivity contribution in [2.45, 2.75) is 37.8 Å². The second kappa shape index (κ2) is 4.39. The number of pyridine rings is 1. The molecule has 1 aromatic heterocycles. The Morgan fingerprint density at radius 2 is 2.44 bits per heavy atom. The maximum absolute atomic E-state index is 6.21. The summed E-state index contributed by atoms with van der Waals surface area (Å²) in [7, 11) is 0. The summed E-state index contributed by atoms with van der Waals surface area (Å²) < 4.78 is 5.73. The quantitative estimate of drug-likeness (QED) is 0.801. The summed E-state index contributed by atoms with van der Waals surface area (Å²) in [5.74, 6) is 0. The zero-order chi connectivity index (χ0) is 11.6. The Kier molecular flexibility index (Phi) is 3.12. The van der Waals surface area contributed by atoms with Gasteiger partial charge in [-0.3, -0.25) is 4.98 Å². The largest absolute Gasteiger partial charge is 0.398 e. The second-order valence-corrected chi connectivity index (χ2v) is 4.65. The minimum Gasteiger partial charge on any atom is -0.398 e. The van der Waals surface area contributed by atoms with Gasteiger partial charge in [-0.05, 0) is 37.8 Å². The van der Waals surface area contributed by atoms with Crippen molar-refractivity contribution in [3.05, 3.63) is 24.0 Å². The lowest BCUT2D eigenvalue weighted by Gasteiger charge is -2.30. The van der Waals surface area contributed by atoms with Crippen molar-refractivity contribution in [3.63, 3.8) is 0 Å². The zero-order valence-electron chi connectivity index (χ0n) is 9.65. The fraction of sp³-hybridized carbons (Fsp3) is 0.583. The minimum atomic E-state index is -0.206. The Hall–Kier alpha value is -1.13. The molecule has 4 N–H and O–H groups in total. The van der Waals surface area contributed by atoms with Gasteiger partial charge in [-0.1, -0.05) is 0 Å². The summed E-state index contributed by atoms with van der Waals surface area (Å²) in [6.45, 7) is 2.89. The van der Waals surface area contributed by atoms with Gasteiger partial charge < -0.3 is 16.2 Å². The van der Waals surface area contributed by atoms with Gasteiger partial charge in [0.2, 0.25) is 0 Å². The first-order valence-corrected chi connectivity index (χ1v) is 5.70. The van der Waals surface area contributed by atoms with Crippen LogP contribution < -0.4 is 11.5 Å². The van der Waals surface area contributed by atoms with Crippen LogP contribution in [-0.2, 0) is 11.2 Å². The van der Waals surface area contributed by atoms with E-state index in [0.717, 1.165) is 37.1 Å². The molecular formula is C12H19N3O. The summed E-state index contributed by atoms with van der Waals surface area (Å²) in [5.41, 5.74) is 13.6. The molecule has 88 valence electrons. The molecule has 0 amide bonds. The maximum Gasteiger partial charge on any atom is 0.0808 e. The third-order valence-electron chi connectivity index (χ3n) is 3.41. The van der Waals surface area contributed by atoms with Gasteiger partial charge in [0, 0.05) is 30.7 Å². The lowest BCUT2D eigenvalue weighted by Crippen LogP contribution is -2.46. The molecule has 2 heterocycles. The topological polar surface area (TPSA) is 74.2 Å². The summed E-state index contributed by atoms with van der Waals surface area (Å²) in [5, 5.41) is 0. The van der Waals surface area contributed by atoms with Gasteiger partial charge in [-0.2, -0.15) is 0 Å². The fourth-order valence-electron chi connectivity index (χ4n) is 2.15. The Morgan fingerprint density at radius 1 is 1.62 bits per heavy atom. The molecular weight excluding hydrogens is 202 g/mol. The van der Waals surface area contributed by atoms with E-state index < -0.39 is 0 Å². The molecule has 0 saturated carbocycles. The highest BCUT2D eigenvalue weighted by molar-refractivity contribution is 5.44.